The number of carbonyl (C=O) groups is 1. The molecular weight excluding hydrogens is 166 g/mol. The summed E-state index contributed by atoms with van der Waals surface area (Å²) >= 11 is 0. The van der Waals surface area contributed by atoms with Gasteiger partial charge in [0.25, 0.3) is 0 Å². The van der Waals surface area contributed by atoms with Crippen LogP contribution in [0.15, 0.2) is 0 Å². The highest BCUT2D eigenvalue weighted by atomic mass is 16.4. The molecule has 13 heavy (non-hydrogen) atoms. The van der Waals surface area contributed by atoms with Crippen LogP contribution in [0.1, 0.15) is 13.8 Å². The predicted molar refractivity (Wildman–Crippen MR) is 49.4 cm³/mol. The Bertz CT molecular complexity index is 215. The molecular formula is C10H17NO2. The molecule has 1 aliphatic heterocycles. The smallest absolute Gasteiger partial charge is 0.307 e. The molecule has 0 aromatic rings. The molecule has 1 aliphatic carbocycles. The molecule has 0 spiro atoms. The average Bonchev–Trinajstić information content (AvgIpc) is 2.49. The van der Waals surface area contributed by atoms with Crippen molar-refractivity contribution in [2.45, 2.75) is 13.8 Å². The predicted octanol–water partition coefficient (Wildman–Crippen LogP) is 0.905. The second-order valence-corrected chi connectivity index (χ2v) is 4.80. The van der Waals surface area contributed by atoms with Crippen LogP contribution in [-0.4, -0.2) is 35.6 Å². The van der Waals surface area contributed by atoms with Gasteiger partial charge >= 0.3 is 5.97 Å². The minimum Gasteiger partial charge on any atom is -0.481 e. The van der Waals surface area contributed by atoms with E-state index in [9.17, 15) is 4.79 Å². The van der Waals surface area contributed by atoms with Gasteiger partial charge in [0.05, 0.1) is 5.92 Å². The van der Waals surface area contributed by atoms with Crippen LogP contribution < -0.4 is 0 Å². The Balaban J connectivity index is 1.80. The van der Waals surface area contributed by atoms with Crippen molar-refractivity contribution in [3.05, 3.63) is 0 Å². The van der Waals surface area contributed by atoms with Gasteiger partial charge in [-0.1, -0.05) is 13.8 Å². The van der Waals surface area contributed by atoms with Gasteiger partial charge in [-0.25, -0.2) is 0 Å². The number of fused-ring (bicyclic) bond motifs is 1. The van der Waals surface area contributed by atoms with Gasteiger partial charge in [-0.2, -0.15) is 0 Å². The summed E-state index contributed by atoms with van der Waals surface area (Å²) in [5.41, 5.74) is 0. The Morgan fingerprint density at radius 2 is 2.00 bits per heavy atom. The molecule has 0 aromatic carbocycles. The van der Waals surface area contributed by atoms with E-state index in [1.54, 1.807) is 0 Å². The third kappa shape index (κ3) is 1.57. The minimum absolute atomic E-state index is 0.0107. The Morgan fingerprint density at radius 1 is 1.46 bits per heavy atom. The fourth-order valence-electron chi connectivity index (χ4n) is 2.65. The van der Waals surface area contributed by atoms with Gasteiger partial charge in [-0.05, 0) is 17.8 Å². The Hall–Kier alpha value is -0.570. The van der Waals surface area contributed by atoms with E-state index in [4.69, 9.17) is 5.11 Å². The second-order valence-electron chi connectivity index (χ2n) is 4.80. The average molecular weight is 183 g/mol. The van der Waals surface area contributed by atoms with E-state index in [-0.39, 0.29) is 5.92 Å². The summed E-state index contributed by atoms with van der Waals surface area (Å²) in [5.74, 6) is 1.04. The number of carboxylic acids is 1. The number of piperidine rings is 1. The molecule has 3 nitrogen and oxygen atoms in total. The lowest BCUT2D eigenvalue weighted by Gasteiger charge is -2.20. The van der Waals surface area contributed by atoms with Gasteiger partial charge in [0, 0.05) is 19.6 Å². The van der Waals surface area contributed by atoms with Crippen molar-refractivity contribution in [2.24, 2.45) is 23.7 Å². The monoisotopic (exact) mass is 183 g/mol. The quantitative estimate of drug-likeness (QED) is 0.707. The second kappa shape index (κ2) is 2.98. The number of hydrogen-bond acceptors (Lipinski definition) is 2. The number of rotatable bonds is 3. The highest BCUT2D eigenvalue weighted by Crippen LogP contribution is 2.51. The molecule has 1 heterocycles. The third-order valence-electron chi connectivity index (χ3n) is 3.18. The van der Waals surface area contributed by atoms with Crippen molar-refractivity contribution in [3.8, 4) is 0 Å². The molecule has 0 amide bonds. The van der Waals surface area contributed by atoms with E-state index in [0.29, 0.717) is 17.8 Å². The van der Waals surface area contributed by atoms with E-state index in [2.05, 4.69) is 18.7 Å². The summed E-state index contributed by atoms with van der Waals surface area (Å²) in [6, 6.07) is 0. The first-order valence-corrected chi connectivity index (χ1v) is 5.04. The lowest BCUT2D eigenvalue weighted by molar-refractivity contribution is -0.139. The van der Waals surface area contributed by atoms with Crippen molar-refractivity contribution in [3.63, 3.8) is 0 Å². The fraction of sp³-hybridized carbons (Fsp3) is 0.900. The summed E-state index contributed by atoms with van der Waals surface area (Å²) in [7, 11) is 0. The molecule has 2 fully saturated rings. The van der Waals surface area contributed by atoms with E-state index < -0.39 is 5.97 Å². The number of aliphatic carboxylic acids is 1. The zero-order valence-electron chi connectivity index (χ0n) is 8.23. The highest BCUT2D eigenvalue weighted by molar-refractivity contribution is 5.74. The zero-order valence-corrected chi connectivity index (χ0v) is 8.23. The molecule has 0 radical (unpaired) electrons. The van der Waals surface area contributed by atoms with Crippen LogP contribution in [-0.2, 0) is 4.79 Å². The first-order valence-electron chi connectivity index (χ1n) is 5.04. The molecule has 2 aliphatic rings. The summed E-state index contributed by atoms with van der Waals surface area (Å²) in [4.78, 5) is 13.1. The largest absolute Gasteiger partial charge is 0.481 e. The maximum atomic E-state index is 10.7. The normalized spacial score (nSPS) is 37.9. The SMILES string of the molecule is CC(C)CN1CC2C(C1)C2C(=O)O. The van der Waals surface area contributed by atoms with Crippen molar-refractivity contribution in [2.75, 3.05) is 19.6 Å². The molecule has 2 rings (SSSR count). The van der Waals surface area contributed by atoms with Crippen LogP contribution in [0.3, 0.4) is 0 Å². The first-order chi connectivity index (χ1) is 6.09. The van der Waals surface area contributed by atoms with E-state index in [1.165, 1.54) is 0 Å². The molecule has 3 heteroatoms. The summed E-state index contributed by atoms with van der Waals surface area (Å²) < 4.78 is 0. The molecule has 0 bridgehead atoms. The zero-order chi connectivity index (χ0) is 9.59. The van der Waals surface area contributed by atoms with Crippen LogP contribution >= 0.6 is 0 Å². The van der Waals surface area contributed by atoms with Crippen LogP contribution in [0.2, 0.25) is 0 Å². The topological polar surface area (TPSA) is 40.5 Å². The fourth-order valence-corrected chi connectivity index (χ4v) is 2.65. The summed E-state index contributed by atoms with van der Waals surface area (Å²) in [6.45, 7) is 7.57. The molecule has 2 unspecified atom stereocenters. The molecule has 0 aromatic heterocycles. The number of likely N-dealkylation sites (tertiary alicyclic amines) is 1. The van der Waals surface area contributed by atoms with E-state index in [0.717, 1.165) is 19.6 Å². The third-order valence-corrected chi connectivity index (χ3v) is 3.18. The van der Waals surface area contributed by atoms with E-state index >= 15 is 0 Å². The lowest BCUT2D eigenvalue weighted by Crippen LogP contribution is -2.29. The maximum absolute atomic E-state index is 10.7. The van der Waals surface area contributed by atoms with Crippen LogP contribution in [0, 0.1) is 23.7 Å². The Labute approximate surface area is 78.7 Å². The molecule has 1 saturated carbocycles. The van der Waals surface area contributed by atoms with Crippen LogP contribution in [0.5, 0.6) is 0 Å². The van der Waals surface area contributed by atoms with Crippen LogP contribution in [0.4, 0.5) is 0 Å². The van der Waals surface area contributed by atoms with Gasteiger partial charge in [0.1, 0.15) is 0 Å². The van der Waals surface area contributed by atoms with Crippen molar-refractivity contribution in [1.82, 2.24) is 4.90 Å². The minimum atomic E-state index is -0.584. The molecule has 1 N–H and O–H groups in total. The van der Waals surface area contributed by atoms with Crippen LogP contribution in [0.25, 0.3) is 0 Å². The van der Waals surface area contributed by atoms with E-state index in [1.807, 2.05) is 0 Å². The maximum Gasteiger partial charge on any atom is 0.307 e. The van der Waals surface area contributed by atoms with Gasteiger partial charge in [0.2, 0.25) is 0 Å². The molecule has 2 atom stereocenters. The highest BCUT2D eigenvalue weighted by Gasteiger charge is 2.59. The lowest BCUT2D eigenvalue weighted by atomic mass is 10.2. The number of nitrogens with zero attached hydrogens (tertiary/aromatic N) is 1. The Morgan fingerprint density at radius 3 is 2.38 bits per heavy atom. The van der Waals surface area contributed by atoms with Gasteiger partial charge in [-0.3, -0.25) is 4.79 Å². The van der Waals surface area contributed by atoms with Crippen molar-refractivity contribution < 1.29 is 9.90 Å². The van der Waals surface area contributed by atoms with Gasteiger partial charge in [-0.15, -0.1) is 0 Å². The van der Waals surface area contributed by atoms with Crippen molar-refractivity contribution >= 4 is 5.97 Å². The van der Waals surface area contributed by atoms with Crippen molar-refractivity contribution in [1.29, 1.82) is 0 Å². The summed E-state index contributed by atoms with van der Waals surface area (Å²) in [6.07, 6.45) is 0. The first kappa shape index (κ1) is 9.00. The molecule has 74 valence electrons. The number of hydrogen-bond donors (Lipinski definition) is 1. The van der Waals surface area contributed by atoms with Gasteiger partial charge in [0.15, 0.2) is 0 Å². The van der Waals surface area contributed by atoms with Gasteiger partial charge < -0.3 is 10.0 Å². The number of carboxylic acid groups (broad SMARTS) is 1. The summed E-state index contributed by atoms with van der Waals surface area (Å²) in [5, 5.41) is 8.81. The standard InChI is InChI=1S/C10H17NO2/c1-6(2)3-11-4-7-8(5-11)9(7)10(12)13/h6-9H,3-5H2,1-2H3,(H,12,13). The Kier molecular flexibility index (Phi) is 2.06. The molecule has 1 saturated heterocycles.